The summed E-state index contributed by atoms with van der Waals surface area (Å²) in [7, 11) is 1.39. The van der Waals surface area contributed by atoms with Crippen LogP contribution in [-0.4, -0.2) is 17.0 Å². The minimum absolute atomic E-state index is 0.0388. The third kappa shape index (κ3) is 1.48. The normalized spacial score (nSPS) is 10.2. The average molecular weight is 204 g/mol. The number of hydrogen-bond donors (Lipinski definition) is 0. The molecule has 76 valence electrons. The Bertz CT molecular complexity index is 525. The molecule has 1 aromatic heterocycles. The Balaban J connectivity index is 2.85. The molecule has 0 spiro atoms. The fraction of sp³-hybridized carbons (Fsp3) is 0.100. The molecule has 2 aromatic rings. The van der Waals surface area contributed by atoms with Crippen LogP contribution >= 0.6 is 0 Å². The lowest BCUT2D eigenvalue weighted by Gasteiger charge is -2.03. The van der Waals surface area contributed by atoms with E-state index < -0.39 is 4.92 Å². The highest BCUT2D eigenvalue weighted by Crippen LogP contribution is 2.32. The average Bonchev–Trinajstić information content (AvgIpc) is 2.27. The monoisotopic (exact) mass is 204 g/mol. The number of rotatable bonds is 2. The molecule has 5 heteroatoms. The van der Waals surface area contributed by atoms with Crippen molar-refractivity contribution < 1.29 is 9.66 Å². The second kappa shape index (κ2) is 3.53. The van der Waals surface area contributed by atoms with Crippen molar-refractivity contribution in [2.45, 2.75) is 0 Å². The van der Waals surface area contributed by atoms with Crippen molar-refractivity contribution in [1.82, 2.24) is 4.98 Å². The predicted molar refractivity (Wildman–Crippen MR) is 54.9 cm³/mol. The molecule has 0 amide bonds. The molecule has 0 aliphatic rings. The summed E-state index contributed by atoms with van der Waals surface area (Å²) in [6.07, 6.45) is 1.36. The van der Waals surface area contributed by atoms with Crippen molar-refractivity contribution >= 4 is 16.6 Å². The summed E-state index contributed by atoms with van der Waals surface area (Å²) in [6, 6.07) is 6.90. The van der Waals surface area contributed by atoms with Crippen LogP contribution in [0.5, 0.6) is 5.75 Å². The van der Waals surface area contributed by atoms with Crippen molar-refractivity contribution in [2.24, 2.45) is 0 Å². The van der Waals surface area contributed by atoms with E-state index >= 15 is 0 Å². The van der Waals surface area contributed by atoms with Crippen LogP contribution in [0.4, 0.5) is 5.69 Å². The quantitative estimate of drug-likeness (QED) is 0.555. The fourth-order valence-electron chi connectivity index (χ4n) is 1.45. The van der Waals surface area contributed by atoms with Gasteiger partial charge in [0.25, 0.3) is 0 Å². The highest BCUT2D eigenvalue weighted by molar-refractivity contribution is 5.90. The number of ether oxygens (including phenoxy) is 1. The number of nitrogens with zero attached hydrogens (tertiary/aromatic N) is 2. The van der Waals surface area contributed by atoms with Crippen molar-refractivity contribution in [3.05, 3.63) is 40.6 Å². The van der Waals surface area contributed by atoms with Gasteiger partial charge in [-0.3, -0.25) is 15.1 Å². The van der Waals surface area contributed by atoms with Gasteiger partial charge in [0.05, 0.1) is 29.1 Å². The van der Waals surface area contributed by atoms with E-state index in [0.717, 1.165) is 0 Å². The van der Waals surface area contributed by atoms with Crippen LogP contribution < -0.4 is 4.74 Å². The van der Waals surface area contributed by atoms with Crippen molar-refractivity contribution in [1.29, 1.82) is 0 Å². The first kappa shape index (κ1) is 9.39. The van der Waals surface area contributed by atoms with Crippen LogP contribution in [0.3, 0.4) is 0 Å². The molecule has 0 bridgehead atoms. The minimum atomic E-state index is -0.456. The summed E-state index contributed by atoms with van der Waals surface area (Å²) in [5, 5.41) is 11.4. The molecule has 0 saturated carbocycles. The van der Waals surface area contributed by atoms with Crippen LogP contribution in [0.2, 0.25) is 0 Å². The fourth-order valence-corrected chi connectivity index (χ4v) is 1.45. The molecule has 0 unspecified atom stereocenters. The molecule has 15 heavy (non-hydrogen) atoms. The summed E-state index contributed by atoms with van der Waals surface area (Å²) in [5.41, 5.74) is 0.549. The van der Waals surface area contributed by atoms with Gasteiger partial charge < -0.3 is 4.74 Å². The lowest BCUT2D eigenvalue weighted by Crippen LogP contribution is -1.96. The van der Waals surface area contributed by atoms with Crippen LogP contribution in [0, 0.1) is 10.1 Å². The molecule has 0 atom stereocenters. The van der Waals surface area contributed by atoms with Crippen LogP contribution in [0.1, 0.15) is 0 Å². The van der Waals surface area contributed by atoms with Gasteiger partial charge >= 0.3 is 5.69 Å². The number of aromatic nitrogens is 1. The van der Waals surface area contributed by atoms with Crippen molar-refractivity contribution in [2.75, 3.05) is 7.11 Å². The van der Waals surface area contributed by atoms with E-state index in [1.807, 2.05) is 0 Å². The summed E-state index contributed by atoms with van der Waals surface area (Å²) >= 11 is 0. The van der Waals surface area contributed by atoms with Crippen LogP contribution in [0.25, 0.3) is 10.9 Å². The number of pyridine rings is 1. The second-order valence-electron chi connectivity index (χ2n) is 2.95. The Labute approximate surface area is 85.5 Å². The first-order valence-corrected chi connectivity index (χ1v) is 4.30. The Hall–Kier alpha value is -2.17. The van der Waals surface area contributed by atoms with Crippen molar-refractivity contribution in [3.63, 3.8) is 0 Å². The third-order valence-corrected chi connectivity index (χ3v) is 2.12. The molecule has 1 aromatic carbocycles. The molecular formula is C10H8N2O3. The second-order valence-corrected chi connectivity index (χ2v) is 2.95. The molecule has 0 aliphatic carbocycles. The van der Waals surface area contributed by atoms with Gasteiger partial charge in [0.2, 0.25) is 5.75 Å². The van der Waals surface area contributed by atoms with Gasteiger partial charge in [-0.05, 0) is 12.1 Å². The Kier molecular flexibility index (Phi) is 2.21. The van der Waals surface area contributed by atoms with Gasteiger partial charge in [0.15, 0.2) is 0 Å². The molecule has 2 rings (SSSR count). The highest BCUT2D eigenvalue weighted by Gasteiger charge is 2.19. The van der Waals surface area contributed by atoms with Gasteiger partial charge in [-0.2, -0.15) is 0 Å². The maximum Gasteiger partial charge on any atom is 0.321 e. The van der Waals surface area contributed by atoms with Gasteiger partial charge in [0, 0.05) is 0 Å². The van der Waals surface area contributed by atoms with E-state index in [9.17, 15) is 10.1 Å². The largest absolute Gasteiger partial charge is 0.489 e. The van der Waals surface area contributed by atoms with Crippen LogP contribution in [0.15, 0.2) is 30.5 Å². The zero-order valence-electron chi connectivity index (χ0n) is 8.01. The first-order chi connectivity index (χ1) is 7.24. The van der Waals surface area contributed by atoms with Gasteiger partial charge in [0.1, 0.15) is 0 Å². The van der Waals surface area contributed by atoms with Crippen molar-refractivity contribution in [3.8, 4) is 5.75 Å². The topological polar surface area (TPSA) is 65.3 Å². The number of fused-ring (bicyclic) bond motifs is 1. The summed E-state index contributed by atoms with van der Waals surface area (Å²) < 4.78 is 4.91. The Morgan fingerprint density at radius 1 is 1.40 bits per heavy atom. The first-order valence-electron chi connectivity index (χ1n) is 4.30. The SMILES string of the molecule is COc1cnc2ccccc2c1[N+](=O)[O-]. The standard InChI is InChI=1S/C10H8N2O3/c1-15-9-6-11-8-5-3-2-4-7(8)10(9)12(13)14/h2-6H,1H3. The molecule has 0 saturated heterocycles. The van der Waals surface area contributed by atoms with E-state index in [1.54, 1.807) is 24.3 Å². The van der Waals surface area contributed by atoms with Gasteiger partial charge in [-0.15, -0.1) is 0 Å². The number of methoxy groups -OCH3 is 1. The van der Waals surface area contributed by atoms with E-state index in [0.29, 0.717) is 10.9 Å². The lowest BCUT2D eigenvalue weighted by atomic mass is 10.2. The Morgan fingerprint density at radius 2 is 2.13 bits per heavy atom. The molecule has 0 fully saturated rings. The molecule has 5 nitrogen and oxygen atoms in total. The molecular weight excluding hydrogens is 196 g/mol. The molecule has 0 radical (unpaired) electrons. The van der Waals surface area contributed by atoms with Crippen LogP contribution in [-0.2, 0) is 0 Å². The smallest absolute Gasteiger partial charge is 0.321 e. The minimum Gasteiger partial charge on any atom is -0.489 e. The van der Waals surface area contributed by atoms with Gasteiger partial charge in [-0.25, -0.2) is 0 Å². The number of hydrogen-bond acceptors (Lipinski definition) is 4. The van der Waals surface area contributed by atoms with E-state index in [1.165, 1.54) is 13.3 Å². The lowest BCUT2D eigenvalue weighted by molar-refractivity contribution is -0.384. The number of benzene rings is 1. The maximum absolute atomic E-state index is 10.9. The maximum atomic E-state index is 10.9. The number of para-hydroxylation sites is 1. The zero-order chi connectivity index (χ0) is 10.8. The summed E-state index contributed by atoms with van der Waals surface area (Å²) in [5.74, 6) is 0.179. The highest BCUT2D eigenvalue weighted by atomic mass is 16.6. The summed E-state index contributed by atoms with van der Waals surface area (Å²) in [4.78, 5) is 14.5. The van der Waals surface area contributed by atoms with E-state index in [-0.39, 0.29) is 11.4 Å². The number of nitro groups is 1. The zero-order valence-corrected chi connectivity index (χ0v) is 8.01. The predicted octanol–water partition coefficient (Wildman–Crippen LogP) is 2.15. The van der Waals surface area contributed by atoms with E-state index in [4.69, 9.17) is 4.74 Å². The molecule has 0 aliphatic heterocycles. The van der Waals surface area contributed by atoms with Gasteiger partial charge in [-0.1, -0.05) is 12.1 Å². The summed E-state index contributed by atoms with van der Waals surface area (Å²) in [6.45, 7) is 0. The third-order valence-electron chi connectivity index (χ3n) is 2.12. The Morgan fingerprint density at radius 3 is 2.80 bits per heavy atom. The van der Waals surface area contributed by atoms with E-state index in [2.05, 4.69) is 4.98 Å². The molecule has 1 heterocycles. The molecule has 0 N–H and O–H groups in total.